The molecule has 0 aromatic carbocycles. The maximum Gasteiger partial charge on any atom is 0.254 e. The molecule has 2 rings (SSSR count). The number of hydrogen-bond donors (Lipinski definition) is 0. The first-order valence-corrected chi connectivity index (χ1v) is 5.27. The third kappa shape index (κ3) is 2.47. The number of aromatic nitrogens is 2. The summed E-state index contributed by atoms with van der Waals surface area (Å²) in [5, 5.41) is 0. The van der Waals surface area contributed by atoms with Crippen LogP contribution >= 0.6 is 0 Å². The number of carbonyl (C=O) groups is 1. The molecule has 86 valence electrons. The molecule has 2 aromatic heterocycles. The third-order valence-electron chi connectivity index (χ3n) is 2.34. The number of nitrogens with zero attached hydrogens (tertiary/aromatic N) is 3. The lowest BCUT2D eigenvalue weighted by atomic mass is 10.2. The third-order valence-corrected chi connectivity index (χ3v) is 2.34. The zero-order valence-electron chi connectivity index (χ0n) is 9.79. The first-order valence-electron chi connectivity index (χ1n) is 5.27. The molecular weight excluding hydrogens is 214 g/mol. The summed E-state index contributed by atoms with van der Waals surface area (Å²) < 4.78 is 0. The van der Waals surface area contributed by atoms with Gasteiger partial charge in [0.2, 0.25) is 0 Å². The van der Waals surface area contributed by atoms with Crippen molar-refractivity contribution in [3.05, 3.63) is 48.3 Å². The Kier molecular flexibility index (Phi) is 3.14. The van der Waals surface area contributed by atoms with Crippen molar-refractivity contribution in [3.8, 4) is 11.4 Å². The molecule has 2 heterocycles. The van der Waals surface area contributed by atoms with Crippen molar-refractivity contribution in [3.63, 3.8) is 0 Å². The van der Waals surface area contributed by atoms with Crippen LogP contribution in [-0.4, -0.2) is 34.9 Å². The van der Waals surface area contributed by atoms with Crippen LogP contribution in [0, 0.1) is 0 Å². The van der Waals surface area contributed by atoms with Crippen molar-refractivity contribution in [2.75, 3.05) is 14.1 Å². The van der Waals surface area contributed by atoms with Crippen LogP contribution < -0.4 is 0 Å². The topological polar surface area (TPSA) is 46.1 Å². The summed E-state index contributed by atoms with van der Waals surface area (Å²) in [7, 11) is 3.43. The number of pyridine rings is 2. The normalized spacial score (nSPS) is 10.0. The Morgan fingerprint density at radius 2 is 1.82 bits per heavy atom. The molecule has 4 nitrogen and oxygen atoms in total. The number of carbonyl (C=O) groups excluding carboxylic acids is 1. The second-order valence-electron chi connectivity index (χ2n) is 3.85. The molecular formula is C13H13N3O. The minimum atomic E-state index is -0.0509. The predicted octanol–water partition coefficient (Wildman–Crippen LogP) is 1.85. The number of rotatable bonds is 2. The Bertz CT molecular complexity index is 506. The van der Waals surface area contributed by atoms with Crippen molar-refractivity contribution < 1.29 is 4.79 Å². The maximum absolute atomic E-state index is 11.7. The lowest BCUT2D eigenvalue weighted by Crippen LogP contribution is -2.21. The molecule has 0 aliphatic rings. The molecule has 0 N–H and O–H groups in total. The van der Waals surface area contributed by atoms with Gasteiger partial charge in [-0.2, -0.15) is 0 Å². The van der Waals surface area contributed by atoms with E-state index in [9.17, 15) is 4.79 Å². The van der Waals surface area contributed by atoms with Crippen molar-refractivity contribution in [2.24, 2.45) is 0 Å². The predicted molar refractivity (Wildman–Crippen MR) is 65.5 cm³/mol. The summed E-state index contributed by atoms with van der Waals surface area (Å²) in [5.41, 5.74) is 2.15. The van der Waals surface area contributed by atoms with E-state index in [1.807, 2.05) is 18.2 Å². The fraction of sp³-hybridized carbons (Fsp3) is 0.154. The van der Waals surface area contributed by atoms with Gasteiger partial charge in [-0.1, -0.05) is 6.07 Å². The van der Waals surface area contributed by atoms with Gasteiger partial charge in [-0.15, -0.1) is 0 Å². The standard InChI is InChI=1S/C13H13N3O/c1-16(2)13(17)10-6-7-12(15-9-10)11-5-3-4-8-14-11/h3-9H,1-2H3. The maximum atomic E-state index is 11.7. The highest BCUT2D eigenvalue weighted by molar-refractivity contribution is 5.93. The molecule has 0 aliphatic carbocycles. The zero-order valence-corrected chi connectivity index (χ0v) is 9.79. The smallest absolute Gasteiger partial charge is 0.254 e. The SMILES string of the molecule is CN(C)C(=O)c1ccc(-c2ccccn2)nc1. The van der Waals surface area contributed by atoms with E-state index in [1.54, 1.807) is 38.6 Å². The van der Waals surface area contributed by atoms with Crippen LogP contribution in [0.2, 0.25) is 0 Å². The van der Waals surface area contributed by atoms with Crippen molar-refractivity contribution >= 4 is 5.91 Å². The Labute approximate surface area is 99.9 Å². The minimum Gasteiger partial charge on any atom is -0.345 e. The van der Waals surface area contributed by atoms with E-state index in [1.165, 1.54) is 4.90 Å². The molecule has 0 unspecified atom stereocenters. The summed E-state index contributed by atoms with van der Waals surface area (Å²) in [6.45, 7) is 0. The molecule has 0 radical (unpaired) electrons. The van der Waals surface area contributed by atoms with Gasteiger partial charge in [0.1, 0.15) is 0 Å². The lowest BCUT2D eigenvalue weighted by Gasteiger charge is -2.09. The van der Waals surface area contributed by atoms with Gasteiger partial charge in [0, 0.05) is 26.5 Å². The van der Waals surface area contributed by atoms with Gasteiger partial charge >= 0.3 is 0 Å². The van der Waals surface area contributed by atoms with Gasteiger partial charge in [-0.25, -0.2) is 0 Å². The first kappa shape index (κ1) is 11.3. The van der Waals surface area contributed by atoms with Gasteiger partial charge in [0.05, 0.1) is 17.0 Å². The summed E-state index contributed by atoms with van der Waals surface area (Å²) in [4.78, 5) is 21.6. The Morgan fingerprint density at radius 1 is 1.06 bits per heavy atom. The van der Waals surface area contributed by atoms with E-state index < -0.39 is 0 Å². The summed E-state index contributed by atoms with van der Waals surface area (Å²) in [6.07, 6.45) is 3.29. The number of hydrogen-bond acceptors (Lipinski definition) is 3. The summed E-state index contributed by atoms with van der Waals surface area (Å²) in [5.74, 6) is -0.0509. The van der Waals surface area contributed by atoms with Gasteiger partial charge in [-0.3, -0.25) is 14.8 Å². The molecule has 0 atom stereocenters. The molecule has 0 fully saturated rings. The second kappa shape index (κ2) is 4.74. The Hall–Kier alpha value is -2.23. The molecule has 0 aliphatic heterocycles. The average Bonchev–Trinajstić information content (AvgIpc) is 2.39. The molecule has 17 heavy (non-hydrogen) atoms. The first-order chi connectivity index (χ1) is 8.18. The zero-order chi connectivity index (χ0) is 12.3. The van der Waals surface area contributed by atoms with E-state index in [4.69, 9.17) is 0 Å². The highest BCUT2D eigenvalue weighted by Gasteiger charge is 2.08. The molecule has 0 bridgehead atoms. The molecule has 2 aromatic rings. The minimum absolute atomic E-state index is 0.0509. The number of amides is 1. The highest BCUT2D eigenvalue weighted by atomic mass is 16.2. The van der Waals surface area contributed by atoms with Crippen LogP contribution in [0.4, 0.5) is 0 Å². The summed E-state index contributed by atoms with van der Waals surface area (Å²) in [6, 6.07) is 9.21. The fourth-order valence-electron chi connectivity index (χ4n) is 1.44. The Balaban J connectivity index is 2.28. The molecule has 4 heteroatoms. The highest BCUT2D eigenvalue weighted by Crippen LogP contribution is 2.13. The van der Waals surface area contributed by atoms with E-state index in [2.05, 4.69) is 9.97 Å². The van der Waals surface area contributed by atoms with Crippen molar-refractivity contribution in [2.45, 2.75) is 0 Å². The van der Waals surface area contributed by atoms with Crippen molar-refractivity contribution in [1.29, 1.82) is 0 Å². The molecule has 0 spiro atoms. The van der Waals surface area contributed by atoms with Gasteiger partial charge in [0.25, 0.3) is 5.91 Å². The summed E-state index contributed by atoms with van der Waals surface area (Å²) >= 11 is 0. The quantitative estimate of drug-likeness (QED) is 0.786. The largest absolute Gasteiger partial charge is 0.345 e. The van der Waals surface area contributed by atoms with Crippen LogP contribution in [0.3, 0.4) is 0 Å². The van der Waals surface area contributed by atoms with Crippen molar-refractivity contribution in [1.82, 2.24) is 14.9 Å². The lowest BCUT2D eigenvalue weighted by molar-refractivity contribution is 0.0827. The molecule has 0 saturated carbocycles. The Morgan fingerprint density at radius 3 is 2.35 bits per heavy atom. The second-order valence-corrected chi connectivity index (χ2v) is 3.85. The van der Waals surface area contributed by atoms with Gasteiger partial charge in [0.15, 0.2) is 0 Å². The van der Waals surface area contributed by atoms with Crippen LogP contribution in [0.5, 0.6) is 0 Å². The molecule has 1 amide bonds. The van der Waals surface area contributed by atoms with Crippen LogP contribution in [-0.2, 0) is 0 Å². The van der Waals surface area contributed by atoms with E-state index in [0.717, 1.165) is 11.4 Å². The van der Waals surface area contributed by atoms with Gasteiger partial charge < -0.3 is 4.90 Å². The van der Waals surface area contributed by atoms with Crippen LogP contribution in [0.1, 0.15) is 10.4 Å². The monoisotopic (exact) mass is 227 g/mol. The fourth-order valence-corrected chi connectivity index (χ4v) is 1.44. The van der Waals surface area contributed by atoms with E-state index in [0.29, 0.717) is 5.56 Å². The molecule has 0 saturated heterocycles. The van der Waals surface area contributed by atoms with Crippen LogP contribution in [0.15, 0.2) is 42.7 Å². The average molecular weight is 227 g/mol. The van der Waals surface area contributed by atoms with Gasteiger partial charge in [-0.05, 0) is 24.3 Å². The van der Waals surface area contributed by atoms with Crippen LogP contribution in [0.25, 0.3) is 11.4 Å². The van der Waals surface area contributed by atoms with E-state index in [-0.39, 0.29) is 5.91 Å². The van der Waals surface area contributed by atoms with E-state index >= 15 is 0 Å².